The summed E-state index contributed by atoms with van der Waals surface area (Å²) < 4.78 is 9.56. The zero-order chi connectivity index (χ0) is 23.1. The average molecular weight is 443 g/mol. The molecule has 1 aliphatic rings. The van der Waals surface area contributed by atoms with Crippen LogP contribution in [0.5, 0.6) is 0 Å². The molecule has 9 nitrogen and oxygen atoms in total. The Hall–Kier alpha value is -4.00. The lowest BCUT2D eigenvalue weighted by molar-refractivity contribution is -0.384. The number of benzene rings is 2. The maximum absolute atomic E-state index is 13.3. The molecular weight excluding hydrogens is 422 g/mol. The van der Waals surface area contributed by atoms with E-state index < -0.39 is 10.5 Å². The third-order valence-corrected chi connectivity index (χ3v) is 6.09. The molecule has 0 radical (unpaired) electrons. The molecule has 4 aromatic rings. The van der Waals surface area contributed by atoms with E-state index in [0.717, 1.165) is 29.5 Å². The molecule has 1 atom stereocenters. The molecule has 1 saturated heterocycles. The number of ether oxygens (including phenoxy) is 1. The van der Waals surface area contributed by atoms with E-state index in [-0.39, 0.29) is 17.4 Å². The predicted octanol–water partition coefficient (Wildman–Crippen LogP) is 3.06. The van der Waals surface area contributed by atoms with Crippen molar-refractivity contribution in [2.75, 3.05) is 26.7 Å². The number of non-ortho nitro benzene ring substituents is 1. The summed E-state index contributed by atoms with van der Waals surface area (Å²) in [5.41, 5.74) is 2.26. The van der Waals surface area contributed by atoms with Gasteiger partial charge >= 0.3 is 0 Å². The maximum Gasteiger partial charge on any atom is 0.273 e. The Balaban J connectivity index is 1.79. The minimum Gasteiger partial charge on any atom is -0.374 e. The number of nitrogens with zero attached hydrogens (tertiary/aromatic N) is 5. The Morgan fingerprint density at radius 3 is 2.64 bits per heavy atom. The second kappa shape index (κ2) is 8.16. The normalized spacial score (nSPS) is 16.8. The summed E-state index contributed by atoms with van der Waals surface area (Å²) in [4.78, 5) is 26.1. The number of aromatic nitrogens is 2. The van der Waals surface area contributed by atoms with E-state index in [9.17, 15) is 20.2 Å². The van der Waals surface area contributed by atoms with Gasteiger partial charge in [0, 0.05) is 36.3 Å². The number of para-hydroxylation sites is 1. The Morgan fingerprint density at radius 1 is 1.18 bits per heavy atom. The van der Waals surface area contributed by atoms with Gasteiger partial charge in [-0.15, -0.1) is 0 Å². The van der Waals surface area contributed by atoms with Gasteiger partial charge in [-0.25, -0.2) is 0 Å². The summed E-state index contributed by atoms with van der Waals surface area (Å²) in [5, 5.41) is 21.6. The highest BCUT2D eigenvalue weighted by atomic mass is 16.6. The van der Waals surface area contributed by atoms with Crippen molar-refractivity contribution in [2.24, 2.45) is 0 Å². The van der Waals surface area contributed by atoms with Gasteiger partial charge in [-0.3, -0.25) is 19.5 Å². The number of morpholine rings is 1. The summed E-state index contributed by atoms with van der Waals surface area (Å²) in [7, 11) is 2.06. The zero-order valence-corrected chi connectivity index (χ0v) is 18.0. The van der Waals surface area contributed by atoms with E-state index >= 15 is 0 Å². The molecule has 5 rings (SSSR count). The van der Waals surface area contributed by atoms with Gasteiger partial charge in [-0.1, -0.05) is 18.2 Å². The molecule has 0 amide bonds. The van der Waals surface area contributed by atoms with Crippen LogP contribution in [0.3, 0.4) is 0 Å². The lowest BCUT2D eigenvalue weighted by Crippen LogP contribution is -2.41. The molecule has 166 valence electrons. The molecule has 2 aromatic heterocycles. The molecule has 2 aromatic carbocycles. The van der Waals surface area contributed by atoms with Crippen molar-refractivity contribution in [3.63, 3.8) is 0 Å². The molecule has 0 N–H and O–H groups in total. The zero-order valence-electron chi connectivity index (χ0n) is 18.0. The van der Waals surface area contributed by atoms with Crippen LogP contribution in [0.25, 0.3) is 27.6 Å². The highest BCUT2D eigenvalue weighted by molar-refractivity contribution is 6.07. The van der Waals surface area contributed by atoms with Gasteiger partial charge in [-0.05, 0) is 31.3 Å². The van der Waals surface area contributed by atoms with Crippen molar-refractivity contribution in [3.05, 3.63) is 80.6 Å². The molecule has 3 heterocycles. The standard InChI is InChI=1S/C24H21N5O4/c1-26-10-11-33-19(14-26)15-27-21-5-3-2-4-20(21)23-22(27)12-16(13-25)24(30)28(23)17-6-8-18(9-7-17)29(31)32/h2-9,12,19H,10-11,14-15H2,1H3. The molecule has 0 saturated carbocycles. The van der Waals surface area contributed by atoms with Gasteiger partial charge in [-0.2, -0.15) is 5.26 Å². The van der Waals surface area contributed by atoms with Crippen molar-refractivity contribution < 1.29 is 9.66 Å². The molecule has 0 aliphatic carbocycles. The fourth-order valence-corrected chi connectivity index (χ4v) is 4.53. The van der Waals surface area contributed by atoms with Gasteiger partial charge in [0.25, 0.3) is 11.2 Å². The minimum atomic E-state index is -0.485. The van der Waals surface area contributed by atoms with Gasteiger partial charge in [0.2, 0.25) is 0 Å². The summed E-state index contributed by atoms with van der Waals surface area (Å²) in [6.07, 6.45) is -0.0342. The number of nitro benzene ring substituents is 1. The summed E-state index contributed by atoms with van der Waals surface area (Å²) in [5.74, 6) is 0. The summed E-state index contributed by atoms with van der Waals surface area (Å²) in [6.45, 7) is 2.87. The van der Waals surface area contributed by atoms with E-state index in [1.807, 2.05) is 30.3 Å². The smallest absolute Gasteiger partial charge is 0.273 e. The first kappa shape index (κ1) is 20.9. The molecular formula is C24H21N5O4. The number of pyridine rings is 1. The SMILES string of the molecule is CN1CCOC(Cn2c3ccccc3c3c2cc(C#N)c(=O)n3-c2ccc([N+](=O)[O-])cc2)C1. The predicted molar refractivity (Wildman–Crippen MR) is 124 cm³/mol. The van der Waals surface area contributed by atoms with Crippen LogP contribution < -0.4 is 5.56 Å². The molecule has 1 fully saturated rings. The quantitative estimate of drug-likeness (QED) is 0.354. The topological polar surface area (TPSA) is 106 Å². The minimum absolute atomic E-state index is 0.00610. The van der Waals surface area contributed by atoms with Crippen LogP contribution in [0.1, 0.15) is 5.56 Å². The van der Waals surface area contributed by atoms with Crippen LogP contribution >= 0.6 is 0 Å². The van der Waals surface area contributed by atoms with Gasteiger partial charge in [0.15, 0.2) is 0 Å². The third kappa shape index (κ3) is 3.55. The van der Waals surface area contributed by atoms with E-state index in [0.29, 0.717) is 24.4 Å². The highest BCUT2D eigenvalue weighted by Gasteiger charge is 2.23. The fourth-order valence-electron chi connectivity index (χ4n) is 4.53. The number of likely N-dealkylation sites (N-methyl/N-ethyl adjacent to an activating group) is 1. The average Bonchev–Trinajstić information content (AvgIpc) is 3.12. The lowest BCUT2D eigenvalue weighted by atomic mass is 10.2. The van der Waals surface area contributed by atoms with Gasteiger partial charge < -0.3 is 14.2 Å². The van der Waals surface area contributed by atoms with Crippen LogP contribution in [0, 0.1) is 21.4 Å². The van der Waals surface area contributed by atoms with Crippen molar-refractivity contribution in [1.82, 2.24) is 14.0 Å². The van der Waals surface area contributed by atoms with E-state index in [1.165, 1.54) is 28.8 Å². The maximum atomic E-state index is 13.3. The number of fused-ring (bicyclic) bond motifs is 3. The van der Waals surface area contributed by atoms with Gasteiger partial charge in [0.05, 0.1) is 40.7 Å². The third-order valence-electron chi connectivity index (χ3n) is 6.09. The van der Waals surface area contributed by atoms with E-state index in [1.54, 1.807) is 6.07 Å². The Bertz CT molecular complexity index is 1480. The lowest BCUT2D eigenvalue weighted by Gasteiger charge is -2.30. The first-order valence-corrected chi connectivity index (χ1v) is 10.6. The van der Waals surface area contributed by atoms with Crippen molar-refractivity contribution in [1.29, 1.82) is 5.26 Å². The first-order valence-electron chi connectivity index (χ1n) is 10.6. The monoisotopic (exact) mass is 443 g/mol. The van der Waals surface area contributed by atoms with Crippen molar-refractivity contribution in [2.45, 2.75) is 12.6 Å². The fraction of sp³-hybridized carbons (Fsp3) is 0.250. The number of nitro groups is 1. The molecule has 1 unspecified atom stereocenters. The van der Waals surface area contributed by atoms with Crippen LogP contribution in [0.4, 0.5) is 5.69 Å². The summed E-state index contributed by atoms with van der Waals surface area (Å²) >= 11 is 0. The molecule has 1 aliphatic heterocycles. The highest BCUT2D eigenvalue weighted by Crippen LogP contribution is 2.31. The molecule has 0 bridgehead atoms. The number of nitriles is 1. The Morgan fingerprint density at radius 2 is 1.94 bits per heavy atom. The molecule has 9 heteroatoms. The van der Waals surface area contributed by atoms with E-state index in [4.69, 9.17) is 4.74 Å². The number of hydrogen-bond acceptors (Lipinski definition) is 6. The largest absolute Gasteiger partial charge is 0.374 e. The summed E-state index contributed by atoms with van der Waals surface area (Å²) in [6, 6.07) is 17.2. The Labute approximate surface area is 188 Å². The van der Waals surface area contributed by atoms with Crippen LogP contribution in [0.15, 0.2) is 59.4 Å². The Kier molecular flexibility index (Phi) is 5.17. The molecule has 0 spiro atoms. The van der Waals surface area contributed by atoms with Crippen LogP contribution in [-0.4, -0.2) is 51.8 Å². The van der Waals surface area contributed by atoms with Crippen LogP contribution in [0.2, 0.25) is 0 Å². The van der Waals surface area contributed by atoms with Crippen LogP contribution in [-0.2, 0) is 11.3 Å². The van der Waals surface area contributed by atoms with Gasteiger partial charge in [0.1, 0.15) is 11.6 Å². The second-order valence-corrected chi connectivity index (χ2v) is 8.20. The first-order chi connectivity index (χ1) is 16.0. The van der Waals surface area contributed by atoms with Crippen molar-refractivity contribution in [3.8, 4) is 11.8 Å². The number of hydrogen-bond donors (Lipinski definition) is 0. The van der Waals surface area contributed by atoms with Crippen molar-refractivity contribution >= 4 is 27.6 Å². The second-order valence-electron chi connectivity index (χ2n) is 8.20. The molecule has 33 heavy (non-hydrogen) atoms. The number of rotatable bonds is 4. The van der Waals surface area contributed by atoms with E-state index in [2.05, 4.69) is 16.5 Å².